The quantitative estimate of drug-likeness (QED) is 0.731. The Kier molecular flexibility index (Phi) is 1.21. The van der Waals surface area contributed by atoms with E-state index in [4.69, 9.17) is 5.73 Å². The molecule has 2 heterocycles. The van der Waals surface area contributed by atoms with Gasteiger partial charge in [0, 0.05) is 5.38 Å². The number of nitrogens with zero attached hydrogens (tertiary/aromatic N) is 2. The molecule has 0 unspecified atom stereocenters. The normalized spacial score (nSPS) is 10.9. The minimum atomic E-state index is 0.593. The maximum atomic E-state index is 5.55. The molecule has 52 valence electrons. The maximum absolute atomic E-state index is 5.55. The second kappa shape index (κ2) is 1.96. The highest BCUT2D eigenvalue weighted by Crippen LogP contribution is 2.24. The van der Waals surface area contributed by atoms with Crippen molar-refractivity contribution in [1.82, 2.24) is 9.38 Å². The summed E-state index contributed by atoms with van der Waals surface area (Å²) in [5.74, 6) is 0.593. The zero-order valence-electron chi connectivity index (χ0n) is 4.91. The van der Waals surface area contributed by atoms with Crippen LogP contribution in [0.2, 0.25) is 0 Å². The Morgan fingerprint density at radius 2 is 2.50 bits per heavy atom. The predicted octanol–water partition coefficient (Wildman–Crippen LogP) is 1.74. The van der Waals surface area contributed by atoms with E-state index in [1.165, 1.54) is 0 Å². The summed E-state index contributed by atoms with van der Waals surface area (Å²) in [4.78, 5) is 4.93. The number of anilines is 1. The summed E-state index contributed by atoms with van der Waals surface area (Å²) >= 11 is 4.93. The second-order valence-electron chi connectivity index (χ2n) is 1.86. The molecule has 5 heteroatoms. The van der Waals surface area contributed by atoms with Crippen LogP contribution in [0.5, 0.6) is 0 Å². The van der Waals surface area contributed by atoms with Gasteiger partial charge in [-0.05, 0) is 15.9 Å². The van der Waals surface area contributed by atoms with Crippen molar-refractivity contribution in [1.29, 1.82) is 0 Å². The molecule has 2 rings (SSSR count). The molecule has 10 heavy (non-hydrogen) atoms. The van der Waals surface area contributed by atoms with Crippen LogP contribution in [0, 0.1) is 0 Å². The summed E-state index contributed by atoms with van der Waals surface area (Å²) in [5.41, 5.74) is 5.55. The molecule has 2 aromatic heterocycles. The van der Waals surface area contributed by atoms with Gasteiger partial charge in [-0.3, -0.25) is 4.40 Å². The summed E-state index contributed by atoms with van der Waals surface area (Å²) in [6.07, 6.45) is 1.70. The third-order valence-electron chi connectivity index (χ3n) is 1.25. The summed E-state index contributed by atoms with van der Waals surface area (Å²) in [7, 11) is 0. The van der Waals surface area contributed by atoms with Gasteiger partial charge < -0.3 is 5.73 Å². The molecule has 0 atom stereocenters. The fourth-order valence-corrected chi connectivity index (χ4v) is 2.20. The van der Waals surface area contributed by atoms with Crippen LogP contribution in [-0.4, -0.2) is 9.38 Å². The van der Waals surface area contributed by atoms with Gasteiger partial charge in [0.25, 0.3) is 0 Å². The number of fused-ring (bicyclic) bond motifs is 1. The van der Waals surface area contributed by atoms with Gasteiger partial charge in [-0.1, -0.05) is 0 Å². The van der Waals surface area contributed by atoms with Crippen LogP contribution in [0.1, 0.15) is 0 Å². The minimum absolute atomic E-state index is 0.593. The minimum Gasteiger partial charge on any atom is -0.381 e. The molecule has 0 fully saturated rings. The Balaban J connectivity index is 2.95. The van der Waals surface area contributed by atoms with Gasteiger partial charge in [0.1, 0.15) is 15.8 Å². The van der Waals surface area contributed by atoms with Crippen molar-refractivity contribution in [3.8, 4) is 0 Å². The Morgan fingerprint density at radius 1 is 1.70 bits per heavy atom. The Morgan fingerprint density at radius 3 is 3.20 bits per heavy atom. The highest BCUT2D eigenvalue weighted by atomic mass is 79.9. The van der Waals surface area contributed by atoms with E-state index < -0.39 is 0 Å². The third-order valence-corrected chi connectivity index (χ3v) is 3.13. The highest BCUT2D eigenvalue weighted by Gasteiger charge is 2.03. The van der Waals surface area contributed by atoms with E-state index in [-0.39, 0.29) is 0 Å². The van der Waals surface area contributed by atoms with Gasteiger partial charge >= 0.3 is 0 Å². The van der Waals surface area contributed by atoms with Crippen molar-refractivity contribution in [3.63, 3.8) is 0 Å². The van der Waals surface area contributed by atoms with Crippen molar-refractivity contribution >= 4 is 37.9 Å². The van der Waals surface area contributed by atoms with Crippen LogP contribution < -0.4 is 5.73 Å². The fraction of sp³-hybridized carbons (Fsp3) is 0. The van der Waals surface area contributed by atoms with Crippen molar-refractivity contribution in [3.05, 3.63) is 16.3 Å². The van der Waals surface area contributed by atoms with Crippen LogP contribution in [0.3, 0.4) is 0 Å². The number of aromatic nitrogens is 2. The maximum Gasteiger partial charge on any atom is 0.160 e. The topological polar surface area (TPSA) is 43.3 Å². The first-order valence-corrected chi connectivity index (χ1v) is 4.32. The van der Waals surface area contributed by atoms with Crippen molar-refractivity contribution in [2.24, 2.45) is 0 Å². The molecule has 0 bridgehead atoms. The molecule has 0 spiro atoms. The highest BCUT2D eigenvalue weighted by molar-refractivity contribution is 9.10. The van der Waals surface area contributed by atoms with Gasteiger partial charge in [0.05, 0.1) is 0 Å². The van der Waals surface area contributed by atoms with E-state index in [0.29, 0.717) is 5.82 Å². The Labute approximate surface area is 69.6 Å². The lowest BCUT2D eigenvalue weighted by Gasteiger charge is -1.81. The number of thiazole rings is 1. The first kappa shape index (κ1) is 6.18. The van der Waals surface area contributed by atoms with Gasteiger partial charge in [0.2, 0.25) is 0 Å². The van der Waals surface area contributed by atoms with Crippen LogP contribution in [-0.2, 0) is 0 Å². The summed E-state index contributed by atoms with van der Waals surface area (Å²) in [6.45, 7) is 0. The SMILES string of the molecule is Nc1ncn2c(Br)csc12. The largest absolute Gasteiger partial charge is 0.381 e. The fourth-order valence-electron chi connectivity index (χ4n) is 0.782. The molecular weight excluding hydrogens is 214 g/mol. The molecular formula is C5H4BrN3S. The third kappa shape index (κ3) is 0.674. The summed E-state index contributed by atoms with van der Waals surface area (Å²) in [5, 5.41) is 1.98. The molecule has 0 saturated heterocycles. The second-order valence-corrected chi connectivity index (χ2v) is 3.53. The van der Waals surface area contributed by atoms with Crippen LogP contribution in [0.25, 0.3) is 4.83 Å². The molecule has 0 aromatic carbocycles. The van der Waals surface area contributed by atoms with Crippen LogP contribution in [0.15, 0.2) is 16.3 Å². The van der Waals surface area contributed by atoms with E-state index in [2.05, 4.69) is 20.9 Å². The number of halogens is 1. The van der Waals surface area contributed by atoms with Crippen molar-refractivity contribution < 1.29 is 0 Å². The number of imidazole rings is 1. The smallest absolute Gasteiger partial charge is 0.160 e. The molecule has 0 aliphatic carbocycles. The first-order chi connectivity index (χ1) is 4.79. The molecule has 0 amide bonds. The van der Waals surface area contributed by atoms with Gasteiger partial charge in [0.15, 0.2) is 5.82 Å². The zero-order chi connectivity index (χ0) is 7.14. The van der Waals surface area contributed by atoms with Gasteiger partial charge in [-0.2, -0.15) is 0 Å². The van der Waals surface area contributed by atoms with Crippen molar-refractivity contribution in [2.45, 2.75) is 0 Å². The number of nitrogen functional groups attached to an aromatic ring is 1. The molecule has 0 saturated carbocycles. The van der Waals surface area contributed by atoms with Crippen LogP contribution in [0.4, 0.5) is 5.82 Å². The molecule has 0 aliphatic heterocycles. The van der Waals surface area contributed by atoms with E-state index >= 15 is 0 Å². The number of hydrogen-bond acceptors (Lipinski definition) is 3. The Hall–Kier alpha value is -0.550. The van der Waals surface area contributed by atoms with Gasteiger partial charge in [-0.15, -0.1) is 11.3 Å². The van der Waals surface area contributed by atoms with Crippen molar-refractivity contribution in [2.75, 3.05) is 5.73 Å². The van der Waals surface area contributed by atoms with E-state index in [9.17, 15) is 0 Å². The molecule has 0 radical (unpaired) electrons. The summed E-state index contributed by atoms with van der Waals surface area (Å²) < 4.78 is 2.90. The van der Waals surface area contributed by atoms with E-state index in [1.807, 2.05) is 9.78 Å². The summed E-state index contributed by atoms with van der Waals surface area (Å²) in [6, 6.07) is 0. The molecule has 2 N–H and O–H groups in total. The monoisotopic (exact) mass is 217 g/mol. The molecule has 2 aromatic rings. The average Bonchev–Trinajstić information content (AvgIpc) is 2.41. The number of rotatable bonds is 0. The zero-order valence-corrected chi connectivity index (χ0v) is 7.32. The molecule has 3 nitrogen and oxygen atoms in total. The Bertz CT molecular complexity index is 328. The number of hydrogen-bond donors (Lipinski definition) is 1. The van der Waals surface area contributed by atoms with E-state index in [0.717, 1.165) is 9.43 Å². The lowest BCUT2D eigenvalue weighted by atomic mass is 10.8. The first-order valence-electron chi connectivity index (χ1n) is 2.64. The van der Waals surface area contributed by atoms with Crippen LogP contribution >= 0.6 is 27.3 Å². The number of nitrogens with two attached hydrogens (primary N) is 1. The van der Waals surface area contributed by atoms with E-state index in [1.54, 1.807) is 17.7 Å². The lowest BCUT2D eigenvalue weighted by Crippen LogP contribution is -1.81. The lowest BCUT2D eigenvalue weighted by molar-refractivity contribution is 1.14. The predicted molar refractivity (Wildman–Crippen MR) is 45.2 cm³/mol. The molecule has 0 aliphatic rings. The van der Waals surface area contributed by atoms with Gasteiger partial charge in [-0.25, -0.2) is 4.98 Å². The standard InChI is InChI=1S/C5H4BrN3S/c6-3-1-10-5-4(7)8-2-9(3)5/h1-2H,7H2. The average molecular weight is 218 g/mol.